The second kappa shape index (κ2) is 7.36. The summed E-state index contributed by atoms with van der Waals surface area (Å²) in [6.07, 6.45) is 5.77. The molecule has 0 aliphatic carbocycles. The van der Waals surface area contributed by atoms with Crippen LogP contribution in [0.25, 0.3) is 10.8 Å². The van der Waals surface area contributed by atoms with Gasteiger partial charge in [-0.15, -0.1) is 0 Å². The zero-order valence-corrected chi connectivity index (χ0v) is 15.5. The van der Waals surface area contributed by atoms with Crippen LogP contribution >= 0.6 is 0 Å². The summed E-state index contributed by atoms with van der Waals surface area (Å²) in [5.41, 5.74) is 1.04. The summed E-state index contributed by atoms with van der Waals surface area (Å²) in [4.78, 5) is 21.7. The average molecular weight is 365 g/mol. The summed E-state index contributed by atoms with van der Waals surface area (Å²) in [7, 11) is 1.74. The molecule has 7 heteroatoms. The van der Waals surface area contributed by atoms with Crippen molar-refractivity contribution in [3.05, 3.63) is 52.6 Å². The first kappa shape index (κ1) is 17.5. The van der Waals surface area contributed by atoms with Crippen molar-refractivity contribution in [1.29, 1.82) is 0 Å². The summed E-state index contributed by atoms with van der Waals surface area (Å²) in [5, 5.41) is 7.98. The number of pyridine rings is 3. The van der Waals surface area contributed by atoms with Gasteiger partial charge in [0, 0.05) is 32.6 Å². The van der Waals surface area contributed by atoms with Gasteiger partial charge in [0.2, 0.25) is 0 Å². The standard InChI is InChI=1S/C20H23N5O2/c1-13-5-7-21-16(10-13)23-17-11-14-6-8-25(2)20(26)18(14)19(24-17)22-12-15-4-3-9-27-15/h5-8,10-11,15H,3-4,9,12H2,1-2H3,(H2,21,22,23,24). The topological polar surface area (TPSA) is 81.1 Å². The van der Waals surface area contributed by atoms with Crippen molar-refractivity contribution in [3.8, 4) is 0 Å². The van der Waals surface area contributed by atoms with Crippen molar-refractivity contribution >= 4 is 28.2 Å². The molecule has 1 fully saturated rings. The third kappa shape index (κ3) is 3.78. The van der Waals surface area contributed by atoms with Crippen molar-refractivity contribution < 1.29 is 4.74 Å². The second-order valence-electron chi connectivity index (χ2n) is 6.91. The smallest absolute Gasteiger partial charge is 0.261 e. The highest BCUT2D eigenvalue weighted by Crippen LogP contribution is 2.24. The van der Waals surface area contributed by atoms with E-state index in [-0.39, 0.29) is 11.7 Å². The van der Waals surface area contributed by atoms with Gasteiger partial charge >= 0.3 is 0 Å². The van der Waals surface area contributed by atoms with Gasteiger partial charge in [-0.05, 0) is 55.0 Å². The molecule has 3 aromatic heterocycles. The lowest BCUT2D eigenvalue weighted by Crippen LogP contribution is -2.22. The molecular weight excluding hydrogens is 342 g/mol. The Morgan fingerprint density at radius 2 is 2.19 bits per heavy atom. The molecule has 1 aliphatic rings. The summed E-state index contributed by atoms with van der Waals surface area (Å²) < 4.78 is 7.25. The normalized spacial score (nSPS) is 16.6. The first-order valence-electron chi connectivity index (χ1n) is 9.16. The highest BCUT2D eigenvalue weighted by atomic mass is 16.5. The lowest BCUT2D eigenvalue weighted by Gasteiger charge is -2.15. The van der Waals surface area contributed by atoms with E-state index in [2.05, 4.69) is 20.6 Å². The van der Waals surface area contributed by atoms with Gasteiger partial charge in [0.15, 0.2) is 0 Å². The fourth-order valence-corrected chi connectivity index (χ4v) is 3.30. The predicted molar refractivity (Wildman–Crippen MR) is 107 cm³/mol. The van der Waals surface area contributed by atoms with Gasteiger partial charge < -0.3 is 19.9 Å². The Balaban J connectivity index is 1.72. The highest BCUT2D eigenvalue weighted by molar-refractivity contribution is 5.93. The van der Waals surface area contributed by atoms with E-state index < -0.39 is 0 Å². The first-order chi connectivity index (χ1) is 13.1. The number of fused-ring (bicyclic) bond motifs is 1. The van der Waals surface area contributed by atoms with E-state index in [9.17, 15) is 4.79 Å². The number of hydrogen-bond donors (Lipinski definition) is 2. The number of anilines is 3. The minimum atomic E-state index is -0.0740. The molecule has 2 N–H and O–H groups in total. The molecule has 0 saturated carbocycles. The summed E-state index contributed by atoms with van der Waals surface area (Å²) >= 11 is 0. The van der Waals surface area contributed by atoms with Crippen LogP contribution in [-0.2, 0) is 11.8 Å². The van der Waals surface area contributed by atoms with Crippen LogP contribution in [0.4, 0.5) is 17.5 Å². The molecule has 0 spiro atoms. The van der Waals surface area contributed by atoms with Crippen LogP contribution in [0.3, 0.4) is 0 Å². The minimum absolute atomic E-state index is 0.0740. The molecule has 1 unspecified atom stereocenters. The number of aryl methyl sites for hydroxylation is 2. The van der Waals surface area contributed by atoms with Crippen LogP contribution in [0.1, 0.15) is 18.4 Å². The van der Waals surface area contributed by atoms with E-state index in [4.69, 9.17) is 4.74 Å². The zero-order chi connectivity index (χ0) is 18.8. The molecule has 1 aliphatic heterocycles. The van der Waals surface area contributed by atoms with E-state index in [1.165, 1.54) is 0 Å². The Kier molecular flexibility index (Phi) is 4.77. The Labute approximate surface area is 157 Å². The Hall–Kier alpha value is -2.93. The predicted octanol–water partition coefficient (Wildman–Crippen LogP) is 2.97. The number of ether oxygens (including phenoxy) is 1. The van der Waals surface area contributed by atoms with E-state index in [0.717, 1.165) is 36.2 Å². The van der Waals surface area contributed by atoms with E-state index in [0.29, 0.717) is 23.6 Å². The maximum absolute atomic E-state index is 12.7. The molecule has 3 aromatic rings. The van der Waals surface area contributed by atoms with Crippen LogP contribution in [0.15, 0.2) is 41.5 Å². The molecule has 7 nitrogen and oxygen atoms in total. The maximum atomic E-state index is 12.7. The number of nitrogens with one attached hydrogen (secondary N) is 2. The molecule has 0 aromatic carbocycles. The van der Waals surface area contributed by atoms with Gasteiger partial charge in [-0.2, -0.15) is 0 Å². The third-order valence-electron chi connectivity index (χ3n) is 4.75. The van der Waals surface area contributed by atoms with Crippen molar-refractivity contribution in [2.45, 2.75) is 25.9 Å². The van der Waals surface area contributed by atoms with Crippen molar-refractivity contribution in [3.63, 3.8) is 0 Å². The monoisotopic (exact) mass is 365 g/mol. The second-order valence-corrected chi connectivity index (χ2v) is 6.91. The molecule has 0 amide bonds. The van der Waals surface area contributed by atoms with Crippen LogP contribution in [0.2, 0.25) is 0 Å². The molecule has 1 saturated heterocycles. The molecule has 140 valence electrons. The molecule has 0 bridgehead atoms. The number of rotatable bonds is 5. The number of nitrogens with zero attached hydrogens (tertiary/aromatic N) is 3. The van der Waals surface area contributed by atoms with Crippen molar-refractivity contribution in [2.75, 3.05) is 23.8 Å². The third-order valence-corrected chi connectivity index (χ3v) is 4.75. The molecule has 27 heavy (non-hydrogen) atoms. The quantitative estimate of drug-likeness (QED) is 0.723. The first-order valence-corrected chi connectivity index (χ1v) is 9.16. The Morgan fingerprint density at radius 3 is 2.96 bits per heavy atom. The Morgan fingerprint density at radius 1 is 1.30 bits per heavy atom. The van der Waals surface area contributed by atoms with Gasteiger partial charge in [-0.3, -0.25) is 4.79 Å². The van der Waals surface area contributed by atoms with Gasteiger partial charge in [0.05, 0.1) is 11.5 Å². The minimum Gasteiger partial charge on any atom is -0.376 e. The molecule has 4 rings (SSSR count). The lowest BCUT2D eigenvalue weighted by molar-refractivity contribution is 0.120. The summed E-state index contributed by atoms with van der Waals surface area (Å²) in [6.45, 7) is 3.44. The lowest BCUT2D eigenvalue weighted by atomic mass is 10.2. The maximum Gasteiger partial charge on any atom is 0.261 e. The van der Waals surface area contributed by atoms with Crippen LogP contribution in [0.5, 0.6) is 0 Å². The Bertz CT molecular complexity index is 1020. The SMILES string of the molecule is Cc1ccnc(Nc2cc3ccn(C)c(=O)c3c(NCC3CCCO3)n2)c1. The largest absolute Gasteiger partial charge is 0.376 e. The van der Waals surface area contributed by atoms with E-state index in [1.54, 1.807) is 24.0 Å². The van der Waals surface area contributed by atoms with Crippen LogP contribution in [0, 0.1) is 6.92 Å². The zero-order valence-electron chi connectivity index (χ0n) is 15.5. The fraction of sp³-hybridized carbons (Fsp3) is 0.350. The summed E-state index contributed by atoms with van der Waals surface area (Å²) in [5.74, 6) is 1.93. The highest BCUT2D eigenvalue weighted by Gasteiger charge is 2.17. The van der Waals surface area contributed by atoms with E-state index in [1.807, 2.05) is 31.2 Å². The van der Waals surface area contributed by atoms with Crippen LogP contribution in [-0.4, -0.2) is 33.8 Å². The molecule has 4 heterocycles. The molecular formula is C20H23N5O2. The van der Waals surface area contributed by atoms with Gasteiger partial charge in [0.1, 0.15) is 17.5 Å². The number of aromatic nitrogens is 3. The fourth-order valence-electron chi connectivity index (χ4n) is 3.30. The average Bonchev–Trinajstić information content (AvgIpc) is 3.16. The van der Waals surface area contributed by atoms with E-state index >= 15 is 0 Å². The van der Waals surface area contributed by atoms with Gasteiger partial charge in [-0.1, -0.05) is 0 Å². The van der Waals surface area contributed by atoms with Gasteiger partial charge in [0.25, 0.3) is 5.56 Å². The summed E-state index contributed by atoms with van der Waals surface area (Å²) in [6, 6.07) is 7.69. The van der Waals surface area contributed by atoms with Crippen molar-refractivity contribution in [2.24, 2.45) is 7.05 Å². The molecule has 1 atom stereocenters. The van der Waals surface area contributed by atoms with Crippen LogP contribution < -0.4 is 16.2 Å². The molecule has 0 radical (unpaired) electrons. The number of hydrogen-bond acceptors (Lipinski definition) is 6. The van der Waals surface area contributed by atoms with Crippen molar-refractivity contribution in [1.82, 2.24) is 14.5 Å². The van der Waals surface area contributed by atoms with Gasteiger partial charge in [-0.25, -0.2) is 9.97 Å².